The van der Waals surface area contributed by atoms with Crippen LogP contribution in [0.15, 0.2) is 29.2 Å². The van der Waals surface area contributed by atoms with E-state index in [4.69, 9.17) is 4.84 Å². The fourth-order valence-corrected chi connectivity index (χ4v) is 4.55. The molecule has 25 heavy (non-hydrogen) atoms. The molecule has 0 radical (unpaired) electrons. The number of carbonyl (C=O) groups is 1. The van der Waals surface area contributed by atoms with Crippen LogP contribution in [-0.4, -0.2) is 56.0 Å². The number of hydrogen-bond acceptors (Lipinski definition) is 5. The van der Waals surface area contributed by atoms with Crippen molar-refractivity contribution in [3.63, 3.8) is 0 Å². The van der Waals surface area contributed by atoms with Gasteiger partial charge in [0.05, 0.1) is 11.3 Å². The lowest BCUT2D eigenvalue weighted by molar-refractivity contribution is -0.196. The molecule has 0 saturated carbocycles. The van der Waals surface area contributed by atoms with Crippen molar-refractivity contribution < 1.29 is 31.6 Å². The molecule has 138 valence electrons. The predicted molar refractivity (Wildman–Crippen MR) is 82.3 cm³/mol. The Morgan fingerprint density at radius 1 is 1.20 bits per heavy atom. The molecule has 0 aromatic heterocycles. The molecular formula is C15H18F2N2O5S. The fourth-order valence-electron chi connectivity index (χ4n) is 3.10. The molecule has 1 aromatic carbocycles. The summed E-state index contributed by atoms with van der Waals surface area (Å²) in [4.78, 5) is 17.3. The van der Waals surface area contributed by atoms with Crippen molar-refractivity contribution in [1.29, 1.82) is 0 Å². The van der Waals surface area contributed by atoms with E-state index in [1.807, 2.05) is 0 Å². The molecule has 2 aliphatic heterocycles. The maximum absolute atomic E-state index is 12.7. The van der Waals surface area contributed by atoms with E-state index in [0.717, 1.165) is 0 Å². The molecule has 3 rings (SSSR count). The molecule has 0 N–H and O–H groups in total. The van der Waals surface area contributed by atoms with Gasteiger partial charge in [-0.05, 0) is 37.1 Å². The van der Waals surface area contributed by atoms with Crippen LogP contribution in [0.1, 0.15) is 19.3 Å². The third kappa shape index (κ3) is 3.60. The summed E-state index contributed by atoms with van der Waals surface area (Å²) < 4.78 is 55.2. The average molecular weight is 376 g/mol. The van der Waals surface area contributed by atoms with E-state index in [0.29, 0.717) is 12.8 Å². The van der Waals surface area contributed by atoms with Crippen molar-refractivity contribution in [2.45, 2.75) is 36.4 Å². The average Bonchev–Trinajstić information content (AvgIpc) is 2.81. The zero-order chi connectivity index (χ0) is 18.2. The quantitative estimate of drug-likeness (QED) is 0.798. The third-order valence-corrected chi connectivity index (χ3v) is 6.39. The zero-order valence-electron chi connectivity index (χ0n) is 13.5. The molecule has 0 aliphatic carbocycles. The number of sulfonamides is 1. The maximum atomic E-state index is 12.7. The van der Waals surface area contributed by atoms with E-state index in [1.165, 1.54) is 33.6 Å². The van der Waals surface area contributed by atoms with E-state index in [2.05, 4.69) is 4.74 Å². The number of alkyl halides is 2. The Balaban J connectivity index is 1.69. The number of halogens is 2. The number of amides is 1. The van der Waals surface area contributed by atoms with Crippen molar-refractivity contribution in [2.24, 2.45) is 0 Å². The minimum atomic E-state index is -3.74. The van der Waals surface area contributed by atoms with Gasteiger partial charge in [0, 0.05) is 20.1 Å². The Bertz CT molecular complexity index is 746. The van der Waals surface area contributed by atoms with Gasteiger partial charge in [-0.15, -0.1) is 0 Å². The Morgan fingerprint density at radius 2 is 1.80 bits per heavy atom. The molecule has 1 amide bonds. The Hall–Kier alpha value is -1.78. The number of hydroxylamine groups is 2. The molecule has 0 atom stereocenters. The standard InChI is InChI=1S/C15H18F2N2O5S/c1-18-13(20)10-15(24-18)6-8-19(9-7-15)25(21,22)12-4-2-11(3-5-12)23-14(16)17/h2-5,14H,6-10H2,1H3. The molecule has 2 aliphatic rings. The van der Waals surface area contributed by atoms with Crippen molar-refractivity contribution in [2.75, 3.05) is 20.1 Å². The molecule has 1 aromatic rings. The fraction of sp³-hybridized carbons (Fsp3) is 0.533. The number of nitrogens with zero attached hydrogens (tertiary/aromatic N) is 2. The summed E-state index contributed by atoms with van der Waals surface area (Å²) >= 11 is 0. The van der Waals surface area contributed by atoms with Gasteiger partial charge in [0.1, 0.15) is 11.4 Å². The summed E-state index contributed by atoms with van der Waals surface area (Å²) in [7, 11) is -2.20. The predicted octanol–water partition coefficient (Wildman–Crippen LogP) is 1.60. The van der Waals surface area contributed by atoms with Crippen LogP contribution in [0.4, 0.5) is 8.78 Å². The first-order valence-electron chi connectivity index (χ1n) is 7.73. The van der Waals surface area contributed by atoms with Crippen LogP contribution < -0.4 is 4.74 Å². The van der Waals surface area contributed by atoms with Crippen molar-refractivity contribution >= 4 is 15.9 Å². The van der Waals surface area contributed by atoms with Crippen molar-refractivity contribution in [1.82, 2.24) is 9.37 Å². The van der Waals surface area contributed by atoms with E-state index in [1.54, 1.807) is 7.05 Å². The summed E-state index contributed by atoms with van der Waals surface area (Å²) in [5.74, 6) is -0.224. The molecule has 2 heterocycles. The highest BCUT2D eigenvalue weighted by Crippen LogP contribution is 2.37. The van der Waals surface area contributed by atoms with Crippen molar-refractivity contribution in [3.8, 4) is 5.75 Å². The second-order valence-corrected chi connectivity index (χ2v) is 8.03. The minimum Gasteiger partial charge on any atom is -0.435 e. The molecule has 2 fully saturated rings. The van der Waals surface area contributed by atoms with Gasteiger partial charge in [0.2, 0.25) is 15.9 Å². The molecular weight excluding hydrogens is 358 g/mol. The smallest absolute Gasteiger partial charge is 0.387 e. The highest BCUT2D eigenvalue weighted by Gasteiger charge is 2.47. The summed E-state index contributed by atoms with van der Waals surface area (Å²) in [5.41, 5.74) is -0.632. The number of hydrogen-bond donors (Lipinski definition) is 0. The van der Waals surface area contributed by atoms with Gasteiger partial charge in [-0.3, -0.25) is 9.63 Å². The first-order chi connectivity index (χ1) is 11.7. The number of ether oxygens (including phenoxy) is 1. The Labute approximate surface area is 144 Å². The van der Waals surface area contributed by atoms with Crippen LogP contribution in [-0.2, 0) is 19.7 Å². The van der Waals surface area contributed by atoms with Gasteiger partial charge in [0.15, 0.2) is 0 Å². The Morgan fingerprint density at radius 3 is 2.28 bits per heavy atom. The normalized spacial score (nSPS) is 21.3. The molecule has 1 spiro atoms. The molecule has 10 heteroatoms. The summed E-state index contributed by atoms with van der Waals surface area (Å²) in [6.45, 7) is -2.52. The van der Waals surface area contributed by atoms with Crippen LogP contribution in [0.3, 0.4) is 0 Å². The van der Waals surface area contributed by atoms with Crippen LogP contribution in [0.2, 0.25) is 0 Å². The summed E-state index contributed by atoms with van der Waals surface area (Å²) in [6, 6.07) is 4.86. The lowest BCUT2D eigenvalue weighted by Crippen LogP contribution is -2.46. The SMILES string of the molecule is CN1OC2(CCN(S(=O)(=O)c3ccc(OC(F)F)cc3)CC2)CC1=O. The third-order valence-electron chi connectivity index (χ3n) is 4.48. The van der Waals surface area contributed by atoms with Gasteiger partial charge in [-0.2, -0.15) is 13.1 Å². The lowest BCUT2D eigenvalue weighted by Gasteiger charge is -2.36. The summed E-state index contributed by atoms with van der Waals surface area (Å²) in [6.07, 6.45) is 1.07. The number of piperidine rings is 1. The maximum Gasteiger partial charge on any atom is 0.387 e. The minimum absolute atomic E-state index is 0.00519. The molecule has 7 nitrogen and oxygen atoms in total. The van der Waals surface area contributed by atoms with Crippen molar-refractivity contribution in [3.05, 3.63) is 24.3 Å². The van der Waals surface area contributed by atoms with Gasteiger partial charge in [-0.1, -0.05) is 0 Å². The van der Waals surface area contributed by atoms with Gasteiger partial charge in [0.25, 0.3) is 0 Å². The molecule has 2 saturated heterocycles. The topological polar surface area (TPSA) is 76.2 Å². The highest BCUT2D eigenvalue weighted by molar-refractivity contribution is 7.89. The first kappa shape index (κ1) is 18.0. The number of rotatable bonds is 4. The molecule has 0 bridgehead atoms. The Kier molecular flexibility index (Phi) is 4.69. The number of benzene rings is 1. The van der Waals surface area contributed by atoms with E-state index in [9.17, 15) is 22.0 Å². The van der Waals surface area contributed by atoms with Crippen LogP contribution >= 0.6 is 0 Å². The highest BCUT2D eigenvalue weighted by atomic mass is 32.2. The van der Waals surface area contributed by atoms with E-state index >= 15 is 0 Å². The monoisotopic (exact) mass is 376 g/mol. The summed E-state index contributed by atoms with van der Waals surface area (Å²) in [5, 5.41) is 1.20. The van der Waals surface area contributed by atoms with Gasteiger partial charge < -0.3 is 4.74 Å². The van der Waals surface area contributed by atoms with Crippen LogP contribution in [0.5, 0.6) is 5.75 Å². The first-order valence-corrected chi connectivity index (χ1v) is 9.17. The second kappa shape index (κ2) is 6.50. The van der Waals surface area contributed by atoms with Gasteiger partial charge in [-0.25, -0.2) is 13.5 Å². The zero-order valence-corrected chi connectivity index (χ0v) is 14.3. The van der Waals surface area contributed by atoms with Crippen LogP contribution in [0, 0.1) is 0 Å². The van der Waals surface area contributed by atoms with E-state index < -0.39 is 22.2 Å². The largest absolute Gasteiger partial charge is 0.435 e. The van der Waals surface area contributed by atoms with E-state index in [-0.39, 0.29) is 36.1 Å². The lowest BCUT2D eigenvalue weighted by atomic mass is 9.90. The van der Waals surface area contributed by atoms with Crippen LogP contribution in [0.25, 0.3) is 0 Å². The molecule has 0 unspecified atom stereocenters. The number of carbonyl (C=O) groups excluding carboxylic acids is 1. The second-order valence-electron chi connectivity index (χ2n) is 6.10. The van der Waals surface area contributed by atoms with Gasteiger partial charge >= 0.3 is 6.61 Å².